The highest BCUT2D eigenvalue weighted by atomic mass is 16.7. The van der Waals surface area contributed by atoms with Crippen LogP contribution in [0.15, 0.2) is 24.3 Å². The second kappa shape index (κ2) is 36.1. The molecule has 368 valence electrons. The van der Waals surface area contributed by atoms with Gasteiger partial charge >= 0.3 is 11.9 Å². The Morgan fingerprint density at radius 2 is 0.905 bits per heavy atom. The van der Waals surface area contributed by atoms with Crippen LogP contribution in [0, 0.1) is 0 Å². The summed E-state index contributed by atoms with van der Waals surface area (Å²) in [5.74, 6) is -0.944. The summed E-state index contributed by atoms with van der Waals surface area (Å²) in [5.41, 5.74) is 0. The molecule has 0 aromatic carbocycles. The number of unbranched alkanes of at least 4 members (excludes halogenated alkanes) is 19. The predicted octanol–water partition coefficient (Wildman–Crippen LogP) is 5.99. The van der Waals surface area contributed by atoms with E-state index in [1.165, 1.54) is 57.8 Å². The Balaban J connectivity index is 1.84. The Labute approximate surface area is 377 Å². The average Bonchev–Trinajstić information content (AvgIpc) is 3.28. The standard InChI is InChI=1S/C48H86O15/c1-3-5-7-9-11-13-15-17-19-20-22-24-26-28-30-39(50)58-33-36(61-40(51)31-29-27-25-23-21-18-16-14-12-10-8-6-4-2)34-59-47-46(57)44(55)42(53)38(63-47)35-60-48-45(56)43(54)41(52)37(32-49)62-48/h14-17,36-38,41-49,52-57H,3-13,18-35H2,1-2H3/b16-14+,17-15+/t36-,37-,38-,41+,42+,43?,44?,45?,46?,47-,48-/m1/s1. The lowest BCUT2D eigenvalue weighted by molar-refractivity contribution is -0.332. The van der Waals surface area contributed by atoms with Crippen molar-refractivity contribution < 1.29 is 73.8 Å². The van der Waals surface area contributed by atoms with E-state index < -0.39 is 92.7 Å². The molecule has 7 N–H and O–H groups in total. The largest absolute Gasteiger partial charge is 0.462 e. The van der Waals surface area contributed by atoms with Gasteiger partial charge in [-0.25, -0.2) is 0 Å². The van der Waals surface area contributed by atoms with Gasteiger partial charge in [-0.2, -0.15) is 0 Å². The molecule has 0 amide bonds. The van der Waals surface area contributed by atoms with Crippen molar-refractivity contribution in [2.24, 2.45) is 0 Å². The van der Waals surface area contributed by atoms with Crippen LogP contribution in [0.3, 0.4) is 0 Å². The highest BCUT2D eigenvalue weighted by molar-refractivity contribution is 5.70. The topological polar surface area (TPSA) is 231 Å². The van der Waals surface area contributed by atoms with Crippen molar-refractivity contribution in [1.82, 2.24) is 0 Å². The number of aliphatic hydroxyl groups is 7. The van der Waals surface area contributed by atoms with Crippen molar-refractivity contribution in [3.63, 3.8) is 0 Å². The van der Waals surface area contributed by atoms with Gasteiger partial charge in [-0.3, -0.25) is 9.59 Å². The Bertz CT molecular complexity index is 1200. The zero-order valence-electron chi connectivity index (χ0n) is 38.6. The van der Waals surface area contributed by atoms with Gasteiger partial charge < -0.3 is 64.2 Å². The molecule has 2 saturated heterocycles. The van der Waals surface area contributed by atoms with Crippen LogP contribution in [0.2, 0.25) is 0 Å². The van der Waals surface area contributed by atoms with E-state index in [1.807, 2.05) is 0 Å². The number of rotatable bonds is 37. The SMILES string of the molecule is CCCCCC/C=C/CCCCCCCC(=O)O[C@H](COC(=O)CCCCCCC/C=C/CCCCCCC)CO[C@@H]1O[C@H](CO[C@@H]2O[C@H](CO)[C@H](O)C(O)C2O)[C@H](O)C(O)C1O. The summed E-state index contributed by atoms with van der Waals surface area (Å²) in [6.45, 7) is 2.54. The molecule has 63 heavy (non-hydrogen) atoms. The second-order valence-corrected chi connectivity index (χ2v) is 17.3. The molecule has 4 unspecified atom stereocenters. The third kappa shape index (κ3) is 24.9. The van der Waals surface area contributed by atoms with Crippen LogP contribution in [0.1, 0.15) is 174 Å². The highest BCUT2D eigenvalue weighted by Gasteiger charge is 2.47. The summed E-state index contributed by atoms with van der Waals surface area (Å²) in [4.78, 5) is 25.7. The van der Waals surface area contributed by atoms with E-state index in [-0.39, 0.29) is 26.1 Å². The quantitative estimate of drug-likeness (QED) is 0.0216. The Morgan fingerprint density at radius 3 is 1.41 bits per heavy atom. The lowest BCUT2D eigenvalue weighted by Gasteiger charge is -2.42. The minimum absolute atomic E-state index is 0.155. The molecule has 0 aromatic heterocycles. The maximum absolute atomic E-state index is 12.9. The fourth-order valence-electron chi connectivity index (χ4n) is 7.56. The summed E-state index contributed by atoms with van der Waals surface area (Å²) in [6, 6.07) is 0. The van der Waals surface area contributed by atoms with Crippen molar-refractivity contribution in [1.29, 1.82) is 0 Å². The summed E-state index contributed by atoms with van der Waals surface area (Å²) >= 11 is 0. The fourth-order valence-corrected chi connectivity index (χ4v) is 7.56. The number of hydrogen-bond donors (Lipinski definition) is 7. The van der Waals surface area contributed by atoms with Gasteiger partial charge in [0.1, 0.15) is 55.4 Å². The van der Waals surface area contributed by atoms with Gasteiger partial charge in [-0.1, -0.05) is 122 Å². The first-order valence-electron chi connectivity index (χ1n) is 24.4. The average molecular weight is 903 g/mol. The van der Waals surface area contributed by atoms with Crippen molar-refractivity contribution in [3.8, 4) is 0 Å². The number of carbonyl (C=O) groups is 2. The number of carbonyl (C=O) groups excluding carboxylic acids is 2. The Kier molecular flexibility index (Phi) is 32.8. The molecule has 2 rings (SSSR count). The minimum Gasteiger partial charge on any atom is -0.462 e. The third-order valence-electron chi connectivity index (χ3n) is 11.7. The first kappa shape index (κ1) is 57.1. The fraction of sp³-hybridized carbons (Fsp3) is 0.875. The lowest BCUT2D eigenvalue weighted by Crippen LogP contribution is -2.61. The van der Waals surface area contributed by atoms with E-state index in [0.29, 0.717) is 12.8 Å². The van der Waals surface area contributed by atoms with E-state index in [2.05, 4.69) is 38.2 Å². The molecule has 2 aliphatic rings. The van der Waals surface area contributed by atoms with Crippen LogP contribution in [-0.4, -0.2) is 142 Å². The van der Waals surface area contributed by atoms with Crippen molar-refractivity contribution >= 4 is 11.9 Å². The van der Waals surface area contributed by atoms with Crippen LogP contribution >= 0.6 is 0 Å². The van der Waals surface area contributed by atoms with Crippen LogP contribution < -0.4 is 0 Å². The molecule has 2 heterocycles. The molecular formula is C48H86O15. The Hall–Kier alpha value is -2.02. The lowest BCUT2D eigenvalue weighted by atomic mass is 9.98. The summed E-state index contributed by atoms with van der Waals surface area (Å²) in [7, 11) is 0. The first-order valence-corrected chi connectivity index (χ1v) is 24.4. The van der Waals surface area contributed by atoms with E-state index in [4.69, 9.17) is 28.4 Å². The minimum atomic E-state index is -1.76. The van der Waals surface area contributed by atoms with Gasteiger partial charge in [0.25, 0.3) is 0 Å². The summed E-state index contributed by atoms with van der Waals surface area (Å²) in [5, 5.41) is 71.9. The molecule has 15 heteroatoms. The van der Waals surface area contributed by atoms with E-state index in [9.17, 15) is 45.3 Å². The Morgan fingerprint density at radius 1 is 0.492 bits per heavy atom. The normalized spacial score (nSPS) is 27.0. The predicted molar refractivity (Wildman–Crippen MR) is 238 cm³/mol. The van der Waals surface area contributed by atoms with E-state index in [1.54, 1.807) is 0 Å². The molecule has 0 saturated carbocycles. The van der Waals surface area contributed by atoms with Crippen LogP contribution in [-0.2, 0) is 38.0 Å². The molecule has 2 aliphatic heterocycles. The smallest absolute Gasteiger partial charge is 0.306 e. The zero-order valence-corrected chi connectivity index (χ0v) is 38.6. The highest BCUT2D eigenvalue weighted by Crippen LogP contribution is 2.26. The van der Waals surface area contributed by atoms with Gasteiger partial charge in [0.15, 0.2) is 18.7 Å². The van der Waals surface area contributed by atoms with Gasteiger partial charge in [0.05, 0.1) is 19.8 Å². The molecular weight excluding hydrogens is 817 g/mol. The summed E-state index contributed by atoms with van der Waals surface area (Å²) < 4.78 is 33.5. The molecule has 0 radical (unpaired) electrons. The maximum Gasteiger partial charge on any atom is 0.306 e. The molecule has 0 aliphatic carbocycles. The van der Waals surface area contributed by atoms with Crippen molar-refractivity contribution in [2.45, 2.75) is 242 Å². The van der Waals surface area contributed by atoms with Crippen LogP contribution in [0.25, 0.3) is 0 Å². The second-order valence-electron chi connectivity index (χ2n) is 17.3. The number of ether oxygens (including phenoxy) is 6. The maximum atomic E-state index is 12.9. The number of hydrogen-bond acceptors (Lipinski definition) is 15. The van der Waals surface area contributed by atoms with Crippen molar-refractivity contribution in [2.75, 3.05) is 26.4 Å². The number of allylic oxidation sites excluding steroid dienone is 4. The van der Waals surface area contributed by atoms with Crippen molar-refractivity contribution in [3.05, 3.63) is 24.3 Å². The van der Waals surface area contributed by atoms with Gasteiger partial charge in [-0.05, 0) is 64.2 Å². The molecule has 0 spiro atoms. The van der Waals surface area contributed by atoms with E-state index >= 15 is 0 Å². The molecule has 0 bridgehead atoms. The molecule has 15 nitrogen and oxygen atoms in total. The molecule has 11 atom stereocenters. The monoisotopic (exact) mass is 903 g/mol. The summed E-state index contributed by atoms with van der Waals surface area (Å²) in [6.07, 6.45) is 17.8. The number of esters is 2. The first-order chi connectivity index (χ1) is 30.5. The van der Waals surface area contributed by atoms with Gasteiger partial charge in [0.2, 0.25) is 0 Å². The number of aliphatic hydroxyl groups excluding tert-OH is 7. The van der Waals surface area contributed by atoms with Crippen LogP contribution in [0.5, 0.6) is 0 Å². The third-order valence-corrected chi connectivity index (χ3v) is 11.7. The van der Waals surface area contributed by atoms with E-state index in [0.717, 1.165) is 77.0 Å². The van der Waals surface area contributed by atoms with Gasteiger partial charge in [0, 0.05) is 12.8 Å². The van der Waals surface area contributed by atoms with Crippen LogP contribution in [0.4, 0.5) is 0 Å². The molecule has 2 fully saturated rings. The zero-order chi connectivity index (χ0) is 46.1. The van der Waals surface area contributed by atoms with Gasteiger partial charge in [-0.15, -0.1) is 0 Å². The molecule has 0 aromatic rings.